The average Bonchev–Trinajstić information content (AvgIpc) is 3.61. The third-order valence-corrected chi connectivity index (χ3v) is 6.82. The van der Waals surface area contributed by atoms with Crippen LogP contribution in [0, 0.1) is 17.0 Å². The van der Waals surface area contributed by atoms with Gasteiger partial charge in [0, 0.05) is 35.5 Å². The van der Waals surface area contributed by atoms with Crippen LogP contribution in [-0.2, 0) is 0 Å². The number of carbonyl (C=O) groups excluding carboxylic acids is 1. The van der Waals surface area contributed by atoms with E-state index in [-0.39, 0.29) is 17.0 Å². The molecule has 39 heavy (non-hydrogen) atoms. The van der Waals surface area contributed by atoms with E-state index in [1.807, 2.05) is 37.3 Å². The Labute approximate surface area is 225 Å². The summed E-state index contributed by atoms with van der Waals surface area (Å²) in [6.07, 6.45) is 3.55. The zero-order valence-electron chi connectivity index (χ0n) is 21.9. The number of likely N-dealkylation sites (tertiary alicyclic amines) is 1. The van der Waals surface area contributed by atoms with E-state index in [0.717, 1.165) is 24.3 Å². The molecule has 0 spiro atoms. The molecule has 10 nitrogen and oxygen atoms in total. The smallest absolute Gasteiger partial charge is 0.311 e. The van der Waals surface area contributed by atoms with Gasteiger partial charge in [0.15, 0.2) is 11.3 Å². The fourth-order valence-corrected chi connectivity index (χ4v) is 4.66. The Kier molecular flexibility index (Phi) is 7.74. The van der Waals surface area contributed by atoms with E-state index in [4.69, 9.17) is 13.9 Å². The molecule has 3 aromatic carbocycles. The van der Waals surface area contributed by atoms with Crippen LogP contribution in [0.4, 0.5) is 11.4 Å². The van der Waals surface area contributed by atoms with Gasteiger partial charge in [-0.2, -0.15) is 0 Å². The number of carbonyl (C=O) groups is 1. The fourth-order valence-electron chi connectivity index (χ4n) is 4.66. The van der Waals surface area contributed by atoms with Crippen molar-refractivity contribution in [1.82, 2.24) is 9.88 Å². The highest BCUT2D eigenvalue weighted by atomic mass is 16.6. The maximum absolute atomic E-state index is 12.9. The molecule has 1 N–H and O–H groups in total. The molecule has 2 heterocycles. The number of amides is 1. The molecule has 0 aliphatic carbocycles. The second-order valence-electron chi connectivity index (χ2n) is 9.53. The molecule has 1 saturated heterocycles. The van der Waals surface area contributed by atoms with E-state index < -0.39 is 10.8 Å². The first-order chi connectivity index (χ1) is 18.9. The number of nitrogens with one attached hydrogen (secondary N) is 1. The van der Waals surface area contributed by atoms with Gasteiger partial charge in [0.25, 0.3) is 5.91 Å². The molecule has 1 amide bonds. The van der Waals surface area contributed by atoms with Gasteiger partial charge in [-0.3, -0.25) is 14.9 Å². The summed E-state index contributed by atoms with van der Waals surface area (Å²) in [5.74, 6) is 0.757. The maximum atomic E-state index is 12.9. The molecule has 10 heteroatoms. The molecule has 202 valence electrons. The van der Waals surface area contributed by atoms with Crippen molar-refractivity contribution in [2.45, 2.75) is 26.2 Å². The van der Waals surface area contributed by atoms with E-state index in [1.54, 1.807) is 6.07 Å². The third kappa shape index (κ3) is 6.01. The van der Waals surface area contributed by atoms with E-state index in [0.29, 0.717) is 34.8 Å². The SMILES string of the molecule is COc1ccc(C(=O)Nc2cc(-c3nc4cc(OCCCN5CCCC5)ccc4o3)ccc2C)cc1[N+](=O)[O-]. The zero-order chi connectivity index (χ0) is 27.4. The van der Waals surface area contributed by atoms with Crippen LogP contribution in [0.1, 0.15) is 35.2 Å². The Morgan fingerprint density at radius 1 is 1.13 bits per heavy atom. The first kappa shape index (κ1) is 26.2. The van der Waals surface area contributed by atoms with E-state index in [2.05, 4.69) is 15.2 Å². The van der Waals surface area contributed by atoms with Crippen LogP contribution < -0.4 is 14.8 Å². The van der Waals surface area contributed by atoms with E-state index in [1.165, 1.54) is 51.2 Å². The first-order valence-electron chi connectivity index (χ1n) is 12.9. The molecule has 1 aromatic heterocycles. The lowest BCUT2D eigenvalue weighted by atomic mass is 10.1. The van der Waals surface area contributed by atoms with Crippen molar-refractivity contribution in [2.75, 3.05) is 38.7 Å². The standard InChI is InChI=1S/C29H30N4O6/c1-19-6-7-21(16-23(19)30-28(34)20-8-10-27(37-2)25(17-20)33(35)36)29-31-24-18-22(9-11-26(24)39-29)38-15-5-14-32-12-3-4-13-32/h6-11,16-18H,3-5,12-15H2,1-2H3,(H,30,34). The van der Waals surface area contributed by atoms with Crippen LogP contribution in [0.5, 0.6) is 11.5 Å². The molecular formula is C29H30N4O6. The van der Waals surface area contributed by atoms with Crippen molar-refractivity contribution in [3.05, 3.63) is 75.8 Å². The lowest BCUT2D eigenvalue weighted by Gasteiger charge is -2.14. The summed E-state index contributed by atoms with van der Waals surface area (Å²) in [6.45, 7) is 5.92. The molecule has 0 bridgehead atoms. The third-order valence-electron chi connectivity index (χ3n) is 6.82. The Hall–Kier alpha value is -4.44. The zero-order valence-corrected chi connectivity index (χ0v) is 21.9. The largest absolute Gasteiger partial charge is 0.493 e. The molecule has 4 aromatic rings. The van der Waals surface area contributed by atoms with Gasteiger partial charge < -0.3 is 24.1 Å². The van der Waals surface area contributed by atoms with Gasteiger partial charge >= 0.3 is 5.69 Å². The number of aryl methyl sites for hydroxylation is 1. The van der Waals surface area contributed by atoms with Crippen molar-refractivity contribution < 1.29 is 23.6 Å². The van der Waals surface area contributed by atoms with Crippen molar-refractivity contribution >= 4 is 28.4 Å². The average molecular weight is 531 g/mol. The maximum Gasteiger partial charge on any atom is 0.311 e. The van der Waals surface area contributed by atoms with Gasteiger partial charge in [0.2, 0.25) is 5.89 Å². The Bertz CT molecular complexity index is 1510. The monoisotopic (exact) mass is 530 g/mol. The predicted molar refractivity (Wildman–Crippen MR) is 148 cm³/mol. The molecule has 0 unspecified atom stereocenters. The highest BCUT2D eigenvalue weighted by Crippen LogP contribution is 2.31. The number of oxazole rings is 1. The molecule has 1 fully saturated rings. The minimum absolute atomic E-state index is 0.0846. The Morgan fingerprint density at radius 3 is 2.72 bits per heavy atom. The second-order valence-corrected chi connectivity index (χ2v) is 9.53. The van der Waals surface area contributed by atoms with E-state index in [9.17, 15) is 14.9 Å². The number of hydrogen-bond acceptors (Lipinski definition) is 8. The minimum atomic E-state index is -0.584. The number of methoxy groups -OCH3 is 1. The molecule has 1 aliphatic rings. The van der Waals surface area contributed by atoms with E-state index >= 15 is 0 Å². The van der Waals surface area contributed by atoms with Gasteiger partial charge in [-0.1, -0.05) is 6.07 Å². The van der Waals surface area contributed by atoms with Gasteiger partial charge in [-0.15, -0.1) is 0 Å². The quantitative estimate of drug-likeness (QED) is 0.154. The van der Waals surface area contributed by atoms with Crippen LogP contribution in [0.15, 0.2) is 59.0 Å². The predicted octanol–water partition coefficient (Wildman–Crippen LogP) is 5.84. The lowest BCUT2D eigenvalue weighted by Crippen LogP contribution is -2.21. The van der Waals surface area contributed by atoms with Gasteiger partial charge in [-0.25, -0.2) is 4.98 Å². The first-order valence-corrected chi connectivity index (χ1v) is 12.9. The molecule has 1 aliphatic heterocycles. The highest BCUT2D eigenvalue weighted by molar-refractivity contribution is 6.05. The summed E-state index contributed by atoms with van der Waals surface area (Å²) in [5, 5.41) is 14.2. The number of benzene rings is 3. The topological polar surface area (TPSA) is 120 Å². The number of nitro groups is 1. The van der Waals surface area contributed by atoms with Crippen LogP contribution in [0.25, 0.3) is 22.6 Å². The van der Waals surface area contributed by atoms with Gasteiger partial charge in [0.1, 0.15) is 11.3 Å². The van der Waals surface area contributed by atoms with Crippen molar-refractivity contribution in [3.63, 3.8) is 0 Å². The lowest BCUT2D eigenvalue weighted by molar-refractivity contribution is -0.385. The van der Waals surface area contributed by atoms with Crippen LogP contribution in [0.3, 0.4) is 0 Å². The number of hydrogen-bond donors (Lipinski definition) is 1. The number of nitro benzene ring substituents is 1. The minimum Gasteiger partial charge on any atom is -0.493 e. The normalized spacial score (nSPS) is 13.5. The van der Waals surface area contributed by atoms with Crippen molar-refractivity contribution in [1.29, 1.82) is 0 Å². The van der Waals surface area contributed by atoms with Crippen molar-refractivity contribution in [3.8, 4) is 23.0 Å². The number of rotatable bonds is 10. The Morgan fingerprint density at radius 2 is 1.95 bits per heavy atom. The summed E-state index contributed by atoms with van der Waals surface area (Å²) in [7, 11) is 1.34. The summed E-state index contributed by atoms with van der Waals surface area (Å²) in [6, 6.07) is 15.1. The van der Waals surface area contributed by atoms with Crippen LogP contribution in [-0.4, -0.2) is 54.1 Å². The number of nitrogens with zero attached hydrogens (tertiary/aromatic N) is 3. The molecule has 0 atom stereocenters. The molecule has 0 radical (unpaired) electrons. The summed E-state index contributed by atoms with van der Waals surface area (Å²) < 4.78 is 16.9. The molecular weight excluding hydrogens is 500 g/mol. The van der Waals surface area contributed by atoms with Gasteiger partial charge in [-0.05, 0) is 81.2 Å². The summed E-state index contributed by atoms with van der Waals surface area (Å²) in [4.78, 5) is 30.8. The van der Waals surface area contributed by atoms with Gasteiger partial charge in [0.05, 0.1) is 18.6 Å². The number of aromatic nitrogens is 1. The number of ether oxygens (including phenoxy) is 2. The van der Waals surface area contributed by atoms with Crippen LogP contribution in [0.2, 0.25) is 0 Å². The highest BCUT2D eigenvalue weighted by Gasteiger charge is 2.19. The summed E-state index contributed by atoms with van der Waals surface area (Å²) in [5.41, 5.74) is 3.21. The molecule has 0 saturated carbocycles. The van der Waals surface area contributed by atoms with Crippen molar-refractivity contribution in [2.24, 2.45) is 0 Å². The molecule has 5 rings (SSSR count). The fraction of sp³-hybridized carbons (Fsp3) is 0.310. The number of fused-ring (bicyclic) bond motifs is 1. The number of anilines is 1. The summed E-state index contributed by atoms with van der Waals surface area (Å²) >= 11 is 0. The van der Waals surface area contributed by atoms with Crippen LogP contribution >= 0.6 is 0 Å². The Balaban J connectivity index is 1.29. The second kappa shape index (κ2) is 11.5.